The molecule has 2 rings (SSSR count). The summed E-state index contributed by atoms with van der Waals surface area (Å²) in [5.74, 6) is 0. The molecule has 110 valence electrons. The van der Waals surface area contributed by atoms with Crippen LogP contribution >= 0.6 is 15.9 Å². The van der Waals surface area contributed by atoms with E-state index in [2.05, 4.69) is 40.1 Å². The fraction of sp³-hybridized carbons (Fsp3) is 0.571. The van der Waals surface area contributed by atoms with E-state index < -0.39 is 0 Å². The molecule has 0 bridgehead atoms. The largest absolute Gasteiger partial charge is 0.311 e. The highest BCUT2D eigenvalue weighted by molar-refractivity contribution is 9.10. The second kappa shape index (κ2) is 6.65. The lowest BCUT2D eigenvalue weighted by Gasteiger charge is -2.24. The van der Waals surface area contributed by atoms with Crippen LogP contribution in [0.25, 0.3) is 0 Å². The third-order valence-electron chi connectivity index (χ3n) is 3.82. The lowest BCUT2D eigenvalue weighted by Crippen LogP contribution is -2.38. The molecule has 1 fully saturated rings. The molecule has 0 aliphatic heterocycles. The molecular formula is C14H20BrN3O2. The van der Waals surface area contributed by atoms with E-state index >= 15 is 0 Å². The molecule has 1 aromatic carbocycles. The topological polar surface area (TPSA) is 58.4 Å². The number of nitrogens with zero attached hydrogens (tertiary/aromatic N) is 2. The number of halogens is 1. The maximum Gasteiger partial charge on any atom is 0.270 e. The van der Waals surface area contributed by atoms with Gasteiger partial charge in [-0.25, -0.2) is 0 Å². The maximum atomic E-state index is 10.7. The van der Waals surface area contributed by atoms with E-state index in [0.717, 1.165) is 22.6 Å². The number of hydrogen-bond donors (Lipinski definition) is 1. The van der Waals surface area contributed by atoms with Gasteiger partial charge in [0, 0.05) is 41.8 Å². The van der Waals surface area contributed by atoms with Crippen molar-refractivity contribution in [3.05, 3.63) is 38.3 Å². The van der Waals surface area contributed by atoms with Gasteiger partial charge >= 0.3 is 0 Å². The summed E-state index contributed by atoms with van der Waals surface area (Å²) in [6.45, 7) is 3.84. The van der Waals surface area contributed by atoms with E-state index in [1.54, 1.807) is 18.2 Å². The lowest BCUT2D eigenvalue weighted by atomic mass is 10.2. The number of likely N-dealkylation sites (N-methyl/N-ethyl adjacent to an activating group) is 1. The smallest absolute Gasteiger partial charge is 0.270 e. The van der Waals surface area contributed by atoms with E-state index in [-0.39, 0.29) is 10.6 Å². The quantitative estimate of drug-likeness (QED) is 0.611. The van der Waals surface area contributed by atoms with Gasteiger partial charge in [-0.3, -0.25) is 15.0 Å². The van der Waals surface area contributed by atoms with Crippen molar-refractivity contribution < 1.29 is 4.92 Å². The Labute approximate surface area is 127 Å². The van der Waals surface area contributed by atoms with Crippen LogP contribution in [0.5, 0.6) is 0 Å². The zero-order valence-electron chi connectivity index (χ0n) is 11.8. The van der Waals surface area contributed by atoms with Crippen LogP contribution in [-0.4, -0.2) is 35.5 Å². The van der Waals surface area contributed by atoms with Gasteiger partial charge in [-0.1, -0.05) is 15.9 Å². The third kappa shape index (κ3) is 4.01. The van der Waals surface area contributed by atoms with Crippen molar-refractivity contribution in [2.45, 2.75) is 38.4 Å². The molecule has 0 saturated heterocycles. The normalized spacial score (nSPS) is 16.4. The van der Waals surface area contributed by atoms with Crippen molar-refractivity contribution in [2.24, 2.45) is 0 Å². The van der Waals surface area contributed by atoms with Gasteiger partial charge in [0.25, 0.3) is 5.69 Å². The van der Waals surface area contributed by atoms with Crippen LogP contribution < -0.4 is 5.32 Å². The Morgan fingerprint density at radius 2 is 2.25 bits per heavy atom. The highest BCUT2D eigenvalue weighted by atomic mass is 79.9. The summed E-state index contributed by atoms with van der Waals surface area (Å²) in [4.78, 5) is 12.7. The van der Waals surface area contributed by atoms with Crippen LogP contribution in [0.2, 0.25) is 0 Å². The van der Waals surface area contributed by atoms with Crippen LogP contribution in [0.1, 0.15) is 25.3 Å². The molecule has 1 aromatic rings. The number of rotatable bonds is 7. The standard InChI is InChI=1S/C14H20BrN3O2/c1-10(17(2)12-5-6-12)8-16-9-11-3-4-13(18(19)20)7-14(11)15/h3-4,7,10,12,16H,5-6,8-9H2,1-2H3. The fourth-order valence-corrected chi connectivity index (χ4v) is 2.70. The summed E-state index contributed by atoms with van der Waals surface area (Å²) in [7, 11) is 2.17. The van der Waals surface area contributed by atoms with Crippen LogP contribution in [0.3, 0.4) is 0 Å². The maximum absolute atomic E-state index is 10.7. The molecule has 5 nitrogen and oxygen atoms in total. The number of nitro groups is 1. The van der Waals surface area contributed by atoms with Gasteiger partial charge in [0.05, 0.1) is 4.92 Å². The van der Waals surface area contributed by atoms with E-state index in [9.17, 15) is 10.1 Å². The minimum atomic E-state index is -0.380. The van der Waals surface area contributed by atoms with Gasteiger partial charge in [0.1, 0.15) is 0 Å². The Balaban J connectivity index is 1.83. The first-order valence-electron chi connectivity index (χ1n) is 6.84. The van der Waals surface area contributed by atoms with Gasteiger partial charge in [-0.2, -0.15) is 0 Å². The van der Waals surface area contributed by atoms with Crippen molar-refractivity contribution in [3.8, 4) is 0 Å². The number of nitro benzene ring substituents is 1. The summed E-state index contributed by atoms with van der Waals surface area (Å²) in [5, 5.41) is 14.1. The van der Waals surface area contributed by atoms with Crippen molar-refractivity contribution in [2.75, 3.05) is 13.6 Å². The van der Waals surface area contributed by atoms with Crippen molar-refractivity contribution in [1.82, 2.24) is 10.2 Å². The molecule has 1 N–H and O–H groups in total. The SMILES string of the molecule is CC(CNCc1ccc([N+](=O)[O-])cc1Br)N(C)C1CC1. The molecule has 1 atom stereocenters. The molecule has 0 radical (unpaired) electrons. The van der Waals surface area contributed by atoms with Crippen LogP contribution in [0.4, 0.5) is 5.69 Å². The molecule has 1 unspecified atom stereocenters. The van der Waals surface area contributed by atoms with Crippen LogP contribution in [-0.2, 0) is 6.54 Å². The first-order chi connectivity index (χ1) is 9.49. The predicted octanol–water partition coefficient (Wildman–Crippen LogP) is 2.93. The molecule has 0 amide bonds. The Kier molecular flexibility index (Phi) is 5.12. The van der Waals surface area contributed by atoms with Gasteiger partial charge in [0.2, 0.25) is 0 Å². The second-order valence-electron chi connectivity index (χ2n) is 5.41. The van der Waals surface area contributed by atoms with Crippen molar-refractivity contribution >= 4 is 21.6 Å². The molecule has 6 heteroatoms. The van der Waals surface area contributed by atoms with Gasteiger partial charge < -0.3 is 5.32 Å². The summed E-state index contributed by atoms with van der Waals surface area (Å²) in [5.41, 5.74) is 1.15. The van der Waals surface area contributed by atoms with Gasteiger partial charge in [-0.15, -0.1) is 0 Å². The molecule has 0 heterocycles. The monoisotopic (exact) mass is 341 g/mol. The summed E-state index contributed by atoms with van der Waals surface area (Å²) in [6, 6.07) is 6.15. The first-order valence-corrected chi connectivity index (χ1v) is 7.64. The van der Waals surface area contributed by atoms with E-state index in [0.29, 0.717) is 12.6 Å². The highest BCUT2D eigenvalue weighted by Crippen LogP contribution is 2.27. The fourth-order valence-electron chi connectivity index (χ4n) is 2.19. The number of hydrogen-bond acceptors (Lipinski definition) is 4. The minimum absolute atomic E-state index is 0.113. The first kappa shape index (κ1) is 15.4. The second-order valence-corrected chi connectivity index (χ2v) is 6.26. The number of benzene rings is 1. The number of non-ortho nitro benzene ring substituents is 1. The molecule has 1 aliphatic carbocycles. The molecule has 1 aliphatic rings. The van der Waals surface area contributed by atoms with Crippen molar-refractivity contribution in [3.63, 3.8) is 0 Å². The third-order valence-corrected chi connectivity index (χ3v) is 4.56. The average molecular weight is 342 g/mol. The van der Waals surface area contributed by atoms with Crippen LogP contribution in [0.15, 0.2) is 22.7 Å². The Hall–Kier alpha value is -0.980. The van der Waals surface area contributed by atoms with E-state index in [4.69, 9.17) is 0 Å². The van der Waals surface area contributed by atoms with Gasteiger partial charge in [-0.05, 0) is 38.4 Å². The minimum Gasteiger partial charge on any atom is -0.311 e. The van der Waals surface area contributed by atoms with Crippen molar-refractivity contribution in [1.29, 1.82) is 0 Å². The molecule has 0 aromatic heterocycles. The summed E-state index contributed by atoms with van der Waals surface area (Å²) >= 11 is 3.39. The predicted molar refractivity (Wildman–Crippen MR) is 82.8 cm³/mol. The van der Waals surface area contributed by atoms with E-state index in [1.807, 2.05) is 0 Å². The molecule has 20 heavy (non-hydrogen) atoms. The average Bonchev–Trinajstić information content (AvgIpc) is 3.23. The zero-order chi connectivity index (χ0) is 14.7. The van der Waals surface area contributed by atoms with E-state index in [1.165, 1.54) is 12.8 Å². The van der Waals surface area contributed by atoms with Crippen LogP contribution in [0, 0.1) is 10.1 Å². The molecular weight excluding hydrogens is 322 g/mol. The summed E-state index contributed by atoms with van der Waals surface area (Å²) in [6.07, 6.45) is 2.63. The molecule has 0 spiro atoms. The Morgan fingerprint density at radius 1 is 1.55 bits per heavy atom. The molecule has 1 saturated carbocycles. The zero-order valence-corrected chi connectivity index (χ0v) is 13.4. The Bertz CT molecular complexity index is 491. The van der Waals surface area contributed by atoms with Gasteiger partial charge in [0.15, 0.2) is 0 Å². The Morgan fingerprint density at radius 3 is 2.80 bits per heavy atom. The summed E-state index contributed by atoms with van der Waals surface area (Å²) < 4.78 is 0.780. The number of nitrogens with one attached hydrogen (secondary N) is 1. The lowest BCUT2D eigenvalue weighted by molar-refractivity contribution is -0.384. The highest BCUT2D eigenvalue weighted by Gasteiger charge is 2.28.